The van der Waals surface area contributed by atoms with Gasteiger partial charge in [-0.05, 0) is 46.0 Å². The summed E-state index contributed by atoms with van der Waals surface area (Å²) in [6, 6.07) is 0. The number of unbranched alkanes of at least 4 members (excludes halogenated alkanes) is 3. The van der Waals surface area contributed by atoms with Gasteiger partial charge in [0.05, 0.1) is 46.2 Å². The van der Waals surface area contributed by atoms with E-state index in [2.05, 4.69) is 14.2 Å². The molecule has 216 valence electrons. The smallest absolute Gasteiger partial charge is 0.464 e. The molecule has 15 heteroatoms. The number of esters is 1. The van der Waals surface area contributed by atoms with E-state index in [1.807, 2.05) is 6.92 Å². The van der Waals surface area contributed by atoms with Crippen LogP contribution in [0.15, 0.2) is 4.76 Å². The highest BCUT2D eigenvalue weighted by Crippen LogP contribution is 2.50. The van der Waals surface area contributed by atoms with E-state index in [0.29, 0.717) is 32.3 Å². The number of rotatable bonds is 20. The van der Waals surface area contributed by atoms with Crippen LogP contribution in [0.2, 0.25) is 0 Å². The standard InChI is InChI=1S/C22H42N3O11P/c1-5-8-13-32-19(26)18-25(4)20(23)24-37(29,35-16-11-9-14-33-21(27)30-6-2)36-17-12-10-15-34-22(28)31-7-3/h5-18H2,1-4H3,(H2,23,24,29). The maximum Gasteiger partial charge on any atom is 0.508 e. The number of carbonyl (C=O) groups is 3. The second-order valence-corrected chi connectivity index (χ2v) is 9.15. The highest BCUT2D eigenvalue weighted by atomic mass is 31.2. The Morgan fingerprint density at radius 1 is 0.730 bits per heavy atom. The van der Waals surface area contributed by atoms with Gasteiger partial charge in [-0.3, -0.25) is 13.8 Å². The first-order valence-corrected chi connectivity index (χ1v) is 13.9. The zero-order valence-corrected chi connectivity index (χ0v) is 23.2. The van der Waals surface area contributed by atoms with Crippen LogP contribution in [0.25, 0.3) is 0 Å². The molecule has 0 amide bonds. The number of carbonyl (C=O) groups excluding carboxylic acids is 3. The van der Waals surface area contributed by atoms with Crippen molar-refractivity contribution in [2.45, 2.75) is 59.3 Å². The fourth-order valence-corrected chi connectivity index (χ4v) is 3.66. The molecule has 0 bridgehead atoms. The Kier molecular flexibility index (Phi) is 20.0. The Morgan fingerprint density at radius 3 is 1.65 bits per heavy atom. The van der Waals surface area contributed by atoms with Crippen LogP contribution in [0, 0.1) is 0 Å². The lowest BCUT2D eigenvalue weighted by Gasteiger charge is -2.20. The first kappa shape index (κ1) is 34.4. The maximum atomic E-state index is 13.2. The molecule has 37 heavy (non-hydrogen) atoms. The molecule has 0 aromatic rings. The molecule has 14 nitrogen and oxygen atoms in total. The van der Waals surface area contributed by atoms with E-state index in [1.54, 1.807) is 13.8 Å². The normalized spacial score (nSPS) is 11.5. The van der Waals surface area contributed by atoms with E-state index >= 15 is 0 Å². The van der Waals surface area contributed by atoms with Crippen molar-refractivity contribution in [3.05, 3.63) is 0 Å². The van der Waals surface area contributed by atoms with Crippen molar-refractivity contribution in [2.75, 3.05) is 59.8 Å². The molecule has 0 fully saturated rings. The second kappa shape index (κ2) is 21.5. The van der Waals surface area contributed by atoms with Gasteiger partial charge in [-0.15, -0.1) is 4.76 Å². The van der Waals surface area contributed by atoms with E-state index in [4.69, 9.17) is 29.0 Å². The summed E-state index contributed by atoms with van der Waals surface area (Å²) in [7, 11) is -2.56. The van der Waals surface area contributed by atoms with Gasteiger partial charge in [-0.1, -0.05) is 13.3 Å². The highest BCUT2D eigenvalue weighted by molar-refractivity contribution is 7.52. The molecule has 0 heterocycles. The second-order valence-electron chi connectivity index (χ2n) is 7.50. The highest BCUT2D eigenvalue weighted by Gasteiger charge is 2.26. The van der Waals surface area contributed by atoms with Gasteiger partial charge in [0, 0.05) is 7.05 Å². The minimum Gasteiger partial charge on any atom is -0.464 e. The van der Waals surface area contributed by atoms with E-state index in [-0.39, 0.29) is 52.1 Å². The van der Waals surface area contributed by atoms with E-state index < -0.39 is 26.0 Å². The summed E-state index contributed by atoms with van der Waals surface area (Å²) in [5.74, 6) is -0.735. The molecule has 0 aromatic carbocycles. The van der Waals surface area contributed by atoms with Crippen LogP contribution < -0.4 is 5.73 Å². The summed E-state index contributed by atoms with van der Waals surface area (Å²) >= 11 is 0. The van der Waals surface area contributed by atoms with Crippen LogP contribution >= 0.6 is 7.75 Å². The SMILES string of the molecule is CCCCOC(=O)CN(C)/C(N)=N/P(=O)(OCCCCOC(=O)OCC)OCCCCOC(=O)OCC. The fraction of sp³-hybridized carbons (Fsp3) is 0.818. The number of likely N-dealkylation sites (N-methyl/N-ethyl adjacent to an activating group) is 1. The van der Waals surface area contributed by atoms with Crippen LogP contribution in [0.3, 0.4) is 0 Å². The molecule has 2 N–H and O–H groups in total. The lowest BCUT2D eigenvalue weighted by atomic mass is 10.3. The van der Waals surface area contributed by atoms with Crippen molar-refractivity contribution in [2.24, 2.45) is 10.5 Å². The molecule has 0 unspecified atom stereocenters. The average molecular weight is 556 g/mol. The summed E-state index contributed by atoms with van der Waals surface area (Å²) in [6.45, 7) is 5.99. The largest absolute Gasteiger partial charge is 0.508 e. The van der Waals surface area contributed by atoms with Gasteiger partial charge in [-0.25, -0.2) is 14.2 Å². The zero-order valence-electron chi connectivity index (χ0n) is 22.3. The Bertz CT molecular complexity index is 703. The Hall–Kier alpha value is -2.57. The molecule has 0 radical (unpaired) electrons. The van der Waals surface area contributed by atoms with Crippen LogP contribution in [-0.2, 0) is 42.1 Å². The Labute approximate surface area is 218 Å². The quantitative estimate of drug-likeness (QED) is 0.0576. The topological polar surface area (TPSA) is 175 Å². The summed E-state index contributed by atoms with van der Waals surface area (Å²) < 4.78 is 52.1. The summed E-state index contributed by atoms with van der Waals surface area (Å²) in [6.07, 6.45) is 1.71. The Balaban J connectivity index is 4.83. The van der Waals surface area contributed by atoms with Gasteiger partial charge in [0.2, 0.25) is 5.96 Å². The minimum atomic E-state index is -4.05. The predicted molar refractivity (Wildman–Crippen MR) is 134 cm³/mol. The summed E-state index contributed by atoms with van der Waals surface area (Å²) in [5.41, 5.74) is 5.93. The van der Waals surface area contributed by atoms with E-state index in [0.717, 1.165) is 12.8 Å². The van der Waals surface area contributed by atoms with Crippen molar-refractivity contribution < 1.29 is 51.7 Å². The lowest BCUT2D eigenvalue weighted by Crippen LogP contribution is -2.38. The van der Waals surface area contributed by atoms with Crippen molar-refractivity contribution in [1.29, 1.82) is 0 Å². The third-order valence-electron chi connectivity index (χ3n) is 4.29. The molecule has 0 spiro atoms. The molecule has 0 rings (SSSR count). The summed E-state index contributed by atoms with van der Waals surface area (Å²) in [4.78, 5) is 35.6. The zero-order chi connectivity index (χ0) is 27.9. The molecule has 0 atom stereocenters. The molecule has 0 aliphatic rings. The van der Waals surface area contributed by atoms with Gasteiger partial charge in [0.15, 0.2) is 0 Å². The molecular formula is C22H42N3O11P. The molecule has 0 saturated heterocycles. The lowest BCUT2D eigenvalue weighted by molar-refractivity contribution is -0.143. The molecule has 0 aliphatic carbocycles. The number of nitrogens with zero attached hydrogens (tertiary/aromatic N) is 2. The van der Waals surface area contributed by atoms with Gasteiger partial charge in [0.25, 0.3) is 0 Å². The van der Waals surface area contributed by atoms with Crippen LogP contribution in [0.1, 0.15) is 59.3 Å². The van der Waals surface area contributed by atoms with Crippen molar-refractivity contribution in [3.8, 4) is 0 Å². The third-order valence-corrected chi connectivity index (χ3v) is 5.76. The maximum absolute atomic E-state index is 13.2. The van der Waals surface area contributed by atoms with Crippen LogP contribution in [0.5, 0.6) is 0 Å². The number of hydrogen-bond donors (Lipinski definition) is 1. The predicted octanol–water partition coefficient (Wildman–Crippen LogP) is 3.62. The van der Waals surface area contributed by atoms with Crippen LogP contribution in [0.4, 0.5) is 9.59 Å². The van der Waals surface area contributed by atoms with Gasteiger partial charge < -0.3 is 34.3 Å². The van der Waals surface area contributed by atoms with E-state index in [9.17, 15) is 18.9 Å². The van der Waals surface area contributed by atoms with Crippen molar-refractivity contribution >= 4 is 32.0 Å². The van der Waals surface area contributed by atoms with Gasteiger partial charge >= 0.3 is 26.0 Å². The van der Waals surface area contributed by atoms with Crippen molar-refractivity contribution in [1.82, 2.24) is 4.90 Å². The first-order valence-electron chi connectivity index (χ1n) is 12.4. The van der Waals surface area contributed by atoms with Crippen LogP contribution in [-0.4, -0.2) is 89.0 Å². The molecule has 0 saturated carbocycles. The average Bonchev–Trinajstić information content (AvgIpc) is 2.84. The van der Waals surface area contributed by atoms with E-state index in [1.165, 1.54) is 11.9 Å². The fourth-order valence-electron chi connectivity index (χ4n) is 2.35. The Morgan fingerprint density at radius 2 is 1.19 bits per heavy atom. The van der Waals surface area contributed by atoms with Gasteiger partial charge in [0.1, 0.15) is 6.54 Å². The molecular weight excluding hydrogens is 513 g/mol. The molecule has 0 aliphatic heterocycles. The minimum absolute atomic E-state index is 0.0189. The monoisotopic (exact) mass is 555 g/mol. The third kappa shape index (κ3) is 19.2. The first-order chi connectivity index (χ1) is 17.7. The summed E-state index contributed by atoms with van der Waals surface area (Å²) in [5, 5.41) is 0. The van der Waals surface area contributed by atoms with Crippen molar-refractivity contribution in [3.63, 3.8) is 0 Å². The van der Waals surface area contributed by atoms with Gasteiger partial charge in [-0.2, -0.15) is 0 Å². The number of hydrogen-bond acceptors (Lipinski definition) is 11. The number of guanidine groups is 1. The number of nitrogens with two attached hydrogens (primary N) is 1. The number of ether oxygens (including phenoxy) is 5. The molecule has 0 aromatic heterocycles.